The van der Waals surface area contributed by atoms with Gasteiger partial charge in [0.15, 0.2) is 0 Å². The fraction of sp³-hybridized carbons (Fsp3) is 0.667. The summed E-state index contributed by atoms with van der Waals surface area (Å²) in [6, 6.07) is 0.182. The van der Waals surface area contributed by atoms with E-state index in [0.717, 1.165) is 38.9 Å². The molecule has 0 unspecified atom stereocenters. The molecule has 0 bridgehead atoms. The molecule has 0 aliphatic carbocycles. The molecule has 21 heavy (non-hydrogen) atoms. The van der Waals surface area contributed by atoms with Gasteiger partial charge < -0.3 is 14.8 Å². The number of ether oxygens (including phenoxy) is 2. The molecule has 1 N–H and O–H groups in total. The van der Waals surface area contributed by atoms with Crippen molar-refractivity contribution in [2.75, 3.05) is 19.8 Å². The van der Waals surface area contributed by atoms with Crippen LogP contribution in [0.15, 0.2) is 18.6 Å². The normalized spacial score (nSPS) is 24.7. The van der Waals surface area contributed by atoms with Crippen LogP contribution >= 0.6 is 0 Å². The molecule has 0 aromatic carbocycles. The van der Waals surface area contributed by atoms with Crippen LogP contribution in [0.2, 0.25) is 0 Å². The zero-order valence-electron chi connectivity index (χ0n) is 12.1. The van der Waals surface area contributed by atoms with Crippen LogP contribution in [0.1, 0.15) is 31.4 Å². The molecule has 114 valence electrons. The van der Waals surface area contributed by atoms with Gasteiger partial charge >= 0.3 is 0 Å². The molecule has 0 saturated carbocycles. The standard InChI is InChI=1S/C15H21N3O3/c19-14(9-13-11-16-4-5-17-13)18-12-1-6-21-15(10-12)2-7-20-8-3-15/h4-5,11-12H,1-3,6-10H2,(H,18,19)/t12-/m0/s1. The summed E-state index contributed by atoms with van der Waals surface area (Å²) in [5.74, 6) is 0.00427. The number of rotatable bonds is 3. The smallest absolute Gasteiger partial charge is 0.226 e. The second-order valence-corrected chi connectivity index (χ2v) is 5.77. The van der Waals surface area contributed by atoms with E-state index < -0.39 is 0 Å². The molecule has 3 rings (SSSR count). The second-order valence-electron chi connectivity index (χ2n) is 5.77. The molecule has 1 spiro atoms. The summed E-state index contributed by atoms with van der Waals surface area (Å²) >= 11 is 0. The lowest BCUT2D eigenvalue weighted by Crippen LogP contribution is -2.51. The van der Waals surface area contributed by atoms with E-state index >= 15 is 0 Å². The number of aromatic nitrogens is 2. The Morgan fingerprint density at radius 3 is 2.95 bits per heavy atom. The highest BCUT2D eigenvalue weighted by Crippen LogP contribution is 2.34. The predicted octanol–water partition coefficient (Wildman–Crippen LogP) is 0.863. The fourth-order valence-electron chi connectivity index (χ4n) is 3.11. The lowest BCUT2D eigenvalue weighted by Gasteiger charge is -2.43. The van der Waals surface area contributed by atoms with Gasteiger partial charge in [-0.1, -0.05) is 0 Å². The fourth-order valence-corrected chi connectivity index (χ4v) is 3.11. The minimum absolute atomic E-state index is 0.00427. The molecular formula is C15H21N3O3. The monoisotopic (exact) mass is 291 g/mol. The van der Waals surface area contributed by atoms with Crippen LogP contribution in [0, 0.1) is 0 Å². The van der Waals surface area contributed by atoms with Crippen LogP contribution in [0.3, 0.4) is 0 Å². The Balaban J connectivity index is 1.53. The van der Waals surface area contributed by atoms with E-state index in [9.17, 15) is 4.79 Å². The van der Waals surface area contributed by atoms with Crippen LogP contribution in [0.25, 0.3) is 0 Å². The summed E-state index contributed by atoms with van der Waals surface area (Å²) < 4.78 is 11.4. The number of carbonyl (C=O) groups is 1. The minimum Gasteiger partial charge on any atom is -0.381 e. The number of hydrogen-bond donors (Lipinski definition) is 1. The summed E-state index contributed by atoms with van der Waals surface area (Å²) in [4.78, 5) is 20.2. The van der Waals surface area contributed by atoms with E-state index in [-0.39, 0.29) is 24.0 Å². The van der Waals surface area contributed by atoms with E-state index in [1.54, 1.807) is 18.6 Å². The van der Waals surface area contributed by atoms with E-state index in [4.69, 9.17) is 9.47 Å². The van der Waals surface area contributed by atoms with Gasteiger partial charge in [-0.2, -0.15) is 0 Å². The molecule has 1 atom stereocenters. The maximum atomic E-state index is 12.1. The highest BCUT2D eigenvalue weighted by atomic mass is 16.5. The van der Waals surface area contributed by atoms with Crippen LogP contribution in [-0.4, -0.2) is 47.3 Å². The van der Waals surface area contributed by atoms with Gasteiger partial charge in [-0.05, 0) is 25.7 Å². The zero-order chi connectivity index (χ0) is 14.5. The SMILES string of the molecule is O=C(Cc1cnccn1)N[C@H]1CCOC2(CCOCC2)C1. The Hall–Kier alpha value is -1.53. The third kappa shape index (κ3) is 3.77. The van der Waals surface area contributed by atoms with Crippen molar-refractivity contribution in [2.45, 2.75) is 43.7 Å². The van der Waals surface area contributed by atoms with Gasteiger partial charge in [-0.25, -0.2) is 0 Å². The first-order chi connectivity index (χ1) is 10.3. The quantitative estimate of drug-likeness (QED) is 0.894. The van der Waals surface area contributed by atoms with E-state index in [0.29, 0.717) is 12.3 Å². The molecule has 3 heterocycles. The second kappa shape index (κ2) is 6.49. The summed E-state index contributed by atoms with van der Waals surface area (Å²) in [7, 11) is 0. The largest absolute Gasteiger partial charge is 0.381 e. The van der Waals surface area contributed by atoms with Crippen LogP contribution in [0.4, 0.5) is 0 Å². The molecule has 1 aromatic heterocycles. The number of hydrogen-bond acceptors (Lipinski definition) is 5. The summed E-state index contributed by atoms with van der Waals surface area (Å²) in [5.41, 5.74) is 0.601. The summed E-state index contributed by atoms with van der Waals surface area (Å²) in [6.07, 6.45) is 8.71. The predicted molar refractivity (Wildman–Crippen MR) is 75.6 cm³/mol. The highest BCUT2D eigenvalue weighted by Gasteiger charge is 2.39. The van der Waals surface area contributed by atoms with Gasteiger partial charge in [0.2, 0.25) is 5.91 Å². The Bertz CT molecular complexity index is 469. The van der Waals surface area contributed by atoms with Crippen molar-refractivity contribution in [1.82, 2.24) is 15.3 Å². The highest BCUT2D eigenvalue weighted by molar-refractivity contribution is 5.78. The van der Waals surface area contributed by atoms with Crippen molar-refractivity contribution in [1.29, 1.82) is 0 Å². The van der Waals surface area contributed by atoms with Crippen LogP contribution < -0.4 is 5.32 Å². The molecule has 0 radical (unpaired) electrons. The van der Waals surface area contributed by atoms with E-state index in [1.807, 2.05) is 0 Å². The van der Waals surface area contributed by atoms with Crippen molar-refractivity contribution in [3.8, 4) is 0 Å². The molecule has 2 saturated heterocycles. The number of carbonyl (C=O) groups excluding carboxylic acids is 1. The topological polar surface area (TPSA) is 73.3 Å². The number of nitrogens with one attached hydrogen (secondary N) is 1. The molecule has 1 aromatic rings. The van der Waals surface area contributed by atoms with Crippen molar-refractivity contribution in [2.24, 2.45) is 0 Å². The Labute approximate surface area is 124 Å². The lowest BCUT2D eigenvalue weighted by atomic mass is 9.84. The van der Waals surface area contributed by atoms with E-state index in [2.05, 4.69) is 15.3 Å². The van der Waals surface area contributed by atoms with Gasteiger partial charge in [0.1, 0.15) is 0 Å². The first-order valence-corrected chi connectivity index (χ1v) is 7.52. The minimum atomic E-state index is -0.0962. The number of amides is 1. The lowest BCUT2D eigenvalue weighted by molar-refractivity contribution is -0.143. The van der Waals surface area contributed by atoms with Crippen LogP contribution in [-0.2, 0) is 20.7 Å². The molecule has 2 aliphatic heterocycles. The van der Waals surface area contributed by atoms with Gasteiger partial charge in [0, 0.05) is 44.5 Å². The first kappa shape index (κ1) is 14.4. The third-order valence-corrected chi connectivity index (χ3v) is 4.22. The molecule has 6 nitrogen and oxygen atoms in total. The Morgan fingerprint density at radius 1 is 1.33 bits per heavy atom. The summed E-state index contributed by atoms with van der Waals surface area (Å²) in [5, 5.41) is 3.11. The average molecular weight is 291 g/mol. The Morgan fingerprint density at radius 2 is 2.19 bits per heavy atom. The third-order valence-electron chi connectivity index (χ3n) is 4.22. The van der Waals surface area contributed by atoms with Crippen molar-refractivity contribution < 1.29 is 14.3 Å². The molecular weight excluding hydrogens is 270 g/mol. The molecule has 1 amide bonds. The van der Waals surface area contributed by atoms with Gasteiger partial charge in [0.05, 0.1) is 17.7 Å². The van der Waals surface area contributed by atoms with Gasteiger partial charge in [-0.15, -0.1) is 0 Å². The van der Waals surface area contributed by atoms with E-state index in [1.165, 1.54) is 0 Å². The first-order valence-electron chi connectivity index (χ1n) is 7.52. The van der Waals surface area contributed by atoms with Crippen molar-refractivity contribution in [3.05, 3.63) is 24.3 Å². The Kier molecular flexibility index (Phi) is 4.45. The molecule has 6 heteroatoms. The summed E-state index contributed by atoms with van der Waals surface area (Å²) in [6.45, 7) is 2.20. The maximum absolute atomic E-state index is 12.1. The van der Waals surface area contributed by atoms with Gasteiger partial charge in [-0.3, -0.25) is 14.8 Å². The van der Waals surface area contributed by atoms with Crippen molar-refractivity contribution >= 4 is 5.91 Å². The van der Waals surface area contributed by atoms with Gasteiger partial charge in [0.25, 0.3) is 0 Å². The van der Waals surface area contributed by atoms with Crippen LogP contribution in [0.5, 0.6) is 0 Å². The maximum Gasteiger partial charge on any atom is 0.226 e. The molecule has 2 aliphatic rings. The zero-order valence-corrected chi connectivity index (χ0v) is 12.1. The average Bonchev–Trinajstić information content (AvgIpc) is 2.49. The molecule has 2 fully saturated rings. The van der Waals surface area contributed by atoms with Crippen molar-refractivity contribution in [3.63, 3.8) is 0 Å². The number of nitrogens with zero attached hydrogens (tertiary/aromatic N) is 2.